The van der Waals surface area contributed by atoms with E-state index < -0.39 is 0 Å². The van der Waals surface area contributed by atoms with Gasteiger partial charge in [0.25, 0.3) is 0 Å². The SMILES string of the molecule is O=C(C1CCCCC1)N1CCc2ccccc2CC1. The number of amides is 1. The van der Waals surface area contributed by atoms with Gasteiger partial charge in [0.05, 0.1) is 0 Å². The van der Waals surface area contributed by atoms with Gasteiger partial charge in [0, 0.05) is 19.0 Å². The quantitative estimate of drug-likeness (QED) is 0.756. The van der Waals surface area contributed by atoms with Crippen molar-refractivity contribution in [3.8, 4) is 0 Å². The highest BCUT2D eigenvalue weighted by Gasteiger charge is 2.26. The highest BCUT2D eigenvalue weighted by Crippen LogP contribution is 2.26. The molecule has 1 aliphatic carbocycles. The van der Waals surface area contributed by atoms with Crippen LogP contribution in [-0.2, 0) is 17.6 Å². The van der Waals surface area contributed by atoms with Gasteiger partial charge in [-0.3, -0.25) is 4.79 Å². The van der Waals surface area contributed by atoms with Crippen LogP contribution < -0.4 is 0 Å². The maximum absolute atomic E-state index is 12.6. The predicted octanol–water partition coefficient (Wildman–Crippen LogP) is 3.19. The molecule has 1 aromatic rings. The van der Waals surface area contributed by atoms with Crippen molar-refractivity contribution in [2.45, 2.75) is 44.9 Å². The van der Waals surface area contributed by atoms with Gasteiger partial charge in [0.15, 0.2) is 0 Å². The predicted molar refractivity (Wildman–Crippen MR) is 77.0 cm³/mol. The third kappa shape index (κ3) is 2.83. The second kappa shape index (κ2) is 5.77. The molecule has 1 fully saturated rings. The summed E-state index contributed by atoms with van der Waals surface area (Å²) in [6.45, 7) is 1.82. The van der Waals surface area contributed by atoms with Crippen LogP contribution >= 0.6 is 0 Å². The molecule has 102 valence electrons. The molecule has 0 saturated heterocycles. The number of rotatable bonds is 1. The van der Waals surface area contributed by atoms with E-state index in [-0.39, 0.29) is 0 Å². The molecular weight excluding hydrogens is 234 g/mol. The monoisotopic (exact) mass is 257 g/mol. The zero-order valence-electron chi connectivity index (χ0n) is 11.6. The van der Waals surface area contributed by atoms with Crippen LogP contribution in [0.15, 0.2) is 24.3 Å². The summed E-state index contributed by atoms with van der Waals surface area (Å²) in [4.78, 5) is 14.7. The summed E-state index contributed by atoms with van der Waals surface area (Å²) in [6.07, 6.45) is 8.07. The first-order valence-corrected chi connectivity index (χ1v) is 7.70. The van der Waals surface area contributed by atoms with E-state index in [0.29, 0.717) is 11.8 Å². The average Bonchev–Trinajstić information content (AvgIpc) is 2.70. The molecule has 1 amide bonds. The van der Waals surface area contributed by atoms with E-state index in [2.05, 4.69) is 29.2 Å². The fourth-order valence-electron chi connectivity index (χ4n) is 3.50. The summed E-state index contributed by atoms with van der Waals surface area (Å²) in [6, 6.07) is 8.64. The molecular formula is C17H23NO. The molecule has 0 atom stereocenters. The van der Waals surface area contributed by atoms with Gasteiger partial charge in [-0.05, 0) is 36.8 Å². The standard InChI is InChI=1S/C17H23NO/c19-17(16-8-2-1-3-9-16)18-12-10-14-6-4-5-7-15(14)11-13-18/h4-7,16H,1-3,8-13H2. The van der Waals surface area contributed by atoms with Crippen molar-refractivity contribution in [3.05, 3.63) is 35.4 Å². The smallest absolute Gasteiger partial charge is 0.225 e. The normalized spacial score (nSPS) is 20.7. The number of fused-ring (bicyclic) bond motifs is 1. The molecule has 0 N–H and O–H groups in total. The molecule has 1 aliphatic heterocycles. The van der Waals surface area contributed by atoms with E-state index in [0.717, 1.165) is 38.8 Å². The minimum absolute atomic E-state index is 0.315. The largest absolute Gasteiger partial charge is 0.342 e. The number of benzene rings is 1. The van der Waals surface area contributed by atoms with Crippen molar-refractivity contribution < 1.29 is 4.79 Å². The Morgan fingerprint density at radius 2 is 1.53 bits per heavy atom. The summed E-state index contributed by atoms with van der Waals surface area (Å²) in [5.41, 5.74) is 2.86. The molecule has 19 heavy (non-hydrogen) atoms. The fraction of sp³-hybridized carbons (Fsp3) is 0.588. The zero-order valence-corrected chi connectivity index (χ0v) is 11.6. The van der Waals surface area contributed by atoms with Crippen LogP contribution in [0.2, 0.25) is 0 Å². The topological polar surface area (TPSA) is 20.3 Å². The molecule has 0 radical (unpaired) electrons. The Bertz CT molecular complexity index is 421. The van der Waals surface area contributed by atoms with Crippen LogP contribution in [0.4, 0.5) is 0 Å². The maximum Gasteiger partial charge on any atom is 0.225 e. The van der Waals surface area contributed by atoms with E-state index in [1.54, 1.807) is 0 Å². The van der Waals surface area contributed by atoms with Gasteiger partial charge >= 0.3 is 0 Å². The molecule has 1 aromatic carbocycles. The first kappa shape index (κ1) is 12.7. The number of hydrogen-bond donors (Lipinski definition) is 0. The van der Waals surface area contributed by atoms with Gasteiger partial charge in [-0.25, -0.2) is 0 Å². The van der Waals surface area contributed by atoms with E-state index in [1.165, 1.54) is 30.4 Å². The van der Waals surface area contributed by atoms with Gasteiger partial charge in [-0.2, -0.15) is 0 Å². The van der Waals surface area contributed by atoms with Gasteiger partial charge < -0.3 is 4.90 Å². The first-order chi connectivity index (χ1) is 9.34. The number of nitrogens with zero attached hydrogens (tertiary/aromatic N) is 1. The number of carbonyl (C=O) groups excluding carboxylic acids is 1. The molecule has 0 aromatic heterocycles. The number of hydrogen-bond acceptors (Lipinski definition) is 1. The lowest BCUT2D eigenvalue weighted by Crippen LogP contribution is -2.38. The van der Waals surface area contributed by atoms with Crippen molar-refractivity contribution in [2.75, 3.05) is 13.1 Å². The Hall–Kier alpha value is -1.31. The van der Waals surface area contributed by atoms with E-state index in [9.17, 15) is 4.79 Å². The highest BCUT2D eigenvalue weighted by molar-refractivity contribution is 5.79. The summed E-state index contributed by atoms with van der Waals surface area (Å²) in [5.74, 6) is 0.738. The molecule has 3 rings (SSSR count). The Kier molecular flexibility index (Phi) is 3.86. The summed E-state index contributed by atoms with van der Waals surface area (Å²) >= 11 is 0. The van der Waals surface area contributed by atoms with Gasteiger partial charge in [0.2, 0.25) is 5.91 Å². The van der Waals surface area contributed by atoms with Crippen molar-refractivity contribution in [1.82, 2.24) is 4.90 Å². The van der Waals surface area contributed by atoms with Crippen LogP contribution in [-0.4, -0.2) is 23.9 Å². The molecule has 2 heteroatoms. The minimum atomic E-state index is 0.315. The van der Waals surface area contributed by atoms with Crippen molar-refractivity contribution in [2.24, 2.45) is 5.92 Å². The molecule has 0 unspecified atom stereocenters. The first-order valence-electron chi connectivity index (χ1n) is 7.70. The summed E-state index contributed by atoms with van der Waals surface area (Å²) in [5, 5.41) is 0. The molecule has 2 nitrogen and oxygen atoms in total. The third-order valence-electron chi connectivity index (χ3n) is 4.69. The molecule has 2 aliphatic rings. The van der Waals surface area contributed by atoms with E-state index in [1.807, 2.05) is 0 Å². The lowest BCUT2D eigenvalue weighted by atomic mass is 9.88. The fourth-order valence-corrected chi connectivity index (χ4v) is 3.50. The maximum atomic E-state index is 12.6. The van der Waals surface area contributed by atoms with Crippen LogP contribution in [0.5, 0.6) is 0 Å². The Labute approximate surface area is 115 Å². The van der Waals surface area contributed by atoms with Crippen molar-refractivity contribution in [3.63, 3.8) is 0 Å². The van der Waals surface area contributed by atoms with Crippen LogP contribution in [0.1, 0.15) is 43.2 Å². The van der Waals surface area contributed by atoms with E-state index >= 15 is 0 Å². The number of carbonyl (C=O) groups is 1. The van der Waals surface area contributed by atoms with E-state index in [4.69, 9.17) is 0 Å². The second-order valence-electron chi connectivity index (χ2n) is 5.93. The average molecular weight is 257 g/mol. The lowest BCUT2D eigenvalue weighted by Gasteiger charge is -2.28. The highest BCUT2D eigenvalue weighted by atomic mass is 16.2. The zero-order chi connectivity index (χ0) is 13.1. The molecule has 1 saturated carbocycles. The van der Waals surface area contributed by atoms with Crippen LogP contribution in [0.25, 0.3) is 0 Å². The molecule has 1 heterocycles. The van der Waals surface area contributed by atoms with Crippen molar-refractivity contribution in [1.29, 1.82) is 0 Å². The summed E-state index contributed by atoms with van der Waals surface area (Å²) in [7, 11) is 0. The Morgan fingerprint density at radius 1 is 0.947 bits per heavy atom. The van der Waals surface area contributed by atoms with Gasteiger partial charge in [-0.15, -0.1) is 0 Å². The van der Waals surface area contributed by atoms with Crippen molar-refractivity contribution >= 4 is 5.91 Å². The van der Waals surface area contributed by atoms with Gasteiger partial charge in [0.1, 0.15) is 0 Å². The van der Waals surface area contributed by atoms with Crippen LogP contribution in [0.3, 0.4) is 0 Å². The third-order valence-corrected chi connectivity index (χ3v) is 4.69. The lowest BCUT2D eigenvalue weighted by molar-refractivity contribution is -0.136. The second-order valence-corrected chi connectivity index (χ2v) is 5.93. The van der Waals surface area contributed by atoms with Crippen LogP contribution in [0, 0.1) is 5.92 Å². The minimum Gasteiger partial charge on any atom is -0.342 e. The van der Waals surface area contributed by atoms with Gasteiger partial charge in [-0.1, -0.05) is 43.5 Å². The Balaban J connectivity index is 1.66. The Morgan fingerprint density at radius 3 is 2.11 bits per heavy atom. The molecule has 0 bridgehead atoms. The molecule has 0 spiro atoms. The summed E-state index contributed by atoms with van der Waals surface area (Å²) < 4.78 is 0.